The van der Waals surface area contributed by atoms with Crippen molar-refractivity contribution in [2.24, 2.45) is 0 Å². The van der Waals surface area contributed by atoms with E-state index in [0.29, 0.717) is 0 Å². The van der Waals surface area contributed by atoms with E-state index in [4.69, 9.17) is 0 Å². The lowest BCUT2D eigenvalue weighted by molar-refractivity contribution is 0.936. The number of anilines is 2. The van der Waals surface area contributed by atoms with Gasteiger partial charge in [-0.3, -0.25) is 0 Å². The molecule has 0 fully saturated rings. The predicted octanol–water partition coefficient (Wildman–Crippen LogP) is 8.59. The molecule has 2 aliphatic heterocycles. The highest BCUT2D eigenvalue weighted by molar-refractivity contribution is 7.99. The number of aryl methyl sites for hydroxylation is 2. The van der Waals surface area contributed by atoms with E-state index in [1.165, 1.54) is 49.0 Å². The van der Waals surface area contributed by atoms with Crippen LogP contribution in [0.25, 0.3) is 17.2 Å². The average molecular weight is 500 g/mol. The van der Waals surface area contributed by atoms with E-state index in [0.717, 1.165) is 25.1 Å². The van der Waals surface area contributed by atoms with Crippen molar-refractivity contribution in [2.45, 2.75) is 36.5 Å². The maximum Gasteiger partial charge on any atom is 0.285 e. The van der Waals surface area contributed by atoms with Crippen LogP contribution >= 0.6 is 11.8 Å². The number of hydrogen-bond donors (Lipinski definition) is 1. The van der Waals surface area contributed by atoms with Crippen LogP contribution in [0.15, 0.2) is 119 Å². The number of para-hydroxylation sites is 2. The quantitative estimate of drug-likeness (QED) is 0.270. The van der Waals surface area contributed by atoms with Gasteiger partial charge in [0.25, 0.3) is 7.41 Å². The first-order valence-electron chi connectivity index (χ1n) is 12.9. The molecule has 0 spiro atoms. The molecule has 2 aliphatic rings. The first-order chi connectivity index (χ1) is 18.2. The minimum atomic E-state index is 0.784. The summed E-state index contributed by atoms with van der Waals surface area (Å²) < 4.78 is 0. The lowest BCUT2D eigenvalue weighted by Crippen LogP contribution is -2.26. The zero-order valence-corrected chi connectivity index (χ0v) is 22.4. The summed E-state index contributed by atoms with van der Waals surface area (Å²) >= 11 is 1.85. The Hall–Kier alpha value is -3.63. The highest BCUT2D eigenvalue weighted by Crippen LogP contribution is 2.52. The van der Waals surface area contributed by atoms with Gasteiger partial charge < -0.3 is 10.1 Å². The van der Waals surface area contributed by atoms with Gasteiger partial charge >= 0.3 is 0 Å². The van der Waals surface area contributed by atoms with Gasteiger partial charge in [-0.25, -0.2) is 0 Å². The van der Waals surface area contributed by atoms with Crippen molar-refractivity contribution in [3.05, 3.63) is 126 Å². The highest BCUT2D eigenvalue weighted by atomic mass is 32.2. The molecular weight excluding hydrogens is 467 g/mol. The lowest BCUT2D eigenvalue weighted by Gasteiger charge is -2.34. The number of nitrogens with zero attached hydrogens (tertiary/aromatic N) is 1. The number of allylic oxidation sites excluding steroid dienone is 5. The first-order valence-corrected chi connectivity index (χ1v) is 13.7. The van der Waals surface area contributed by atoms with Gasteiger partial charge in [-0.05, 0) is 67.7 Å². The van der Waals surface area contributed by atoms with E-state index in [1.54, 1.807) is 0 Å². The van der Waals surface area contributed by atoms with Crippen LogP contribution in [0.4, 0.5) is 11.4 Å². The third kappa shape index (κ3) is 5.40. The van der Waals surface area contributed by atoms with E-state index in [9.17, 15) is 0 Å². The smallest absolute Gasteiger partial charge is 0.285 e. The molecule has 0 atom stereocenters. The summed E-state index contributed by atoms with van der Waals surface area (Å²) in [6.07, 6.45) is 16.8. The Morgan fingerprint density at radius 3 is 2.70 bits per heavy atom. The summed E-state index contributed by atoms with van der Waals surface area (Å²) in [5.41, 5.74) is 9.94. The summed E-state index contributed by atoms with van der Waals surface area (Å²) in [7, 11) is 2.21. The molecule has 183 valence electrons. The normalized spacial score (nSPS) is 17.1. The molecule has 2 heterocycles. The number of nitrogens with one attached hydrogen (secondary N) is 1. The second-order valence-electron chi connectivity index (χ2n) is 9.24. The van der Waals surface area contributed by atoms with E-state index in [-0.39, 0.29) is 0 Å². The second-order valence-corrected chi connectivity index (χ2v) is 10.3. The van der Waals surface area contributed by atoms with E-state index in [2.05, 4.69) is 128 Å². The van der Waals surface area contributed by atoms with Crippen molar-refractivity contribution in [1.29, 1.82) is 0 Å². The minimum absolute atomic E-state index is 0.784. The van der Waals surface area contributed by atoms with Crippen LogP contribution in [-0.4, -0.2) is 14.0 Å². The molecule has 0 amide bonds. The van der Waals surface area contributed by atoms with Gasteiger partial charge in [0, 0.05) is 33.3 Å². The fourth-order valence-corrected chi connectivity index (χ4v) is 6.00. The molecule has 0 unspecified atom stereocenters. The van der Waals surface area contributed by atoms with Crippen molar-refractivity contribution in [3.63, 3.8) is 0 Å². The predicted molar refractivity (Wildman–Crippen MR) is 163 cm³/mol. The number of hydrogen-bond acceptors (Lipinski definition) is 3. The summed E-state index contributed by atoms with van der Waals surface area (Å²) in [6.45, 7) is 9.00. The number of rotatable bonds is 6. The molecule has 1 N–H and O–H groups in total. The van der Waals surface area contributed by atoms with Crippen LogP contribution in [-0.2, 0) is 6.42 Å². The summed E-state index contributed by atoms with van der Waals surface area (Å²) in [5, 5.41) is 3.55. The SMILES string of the molecule is C=CCCc1cc(C)cc2c1\C=C/C=C\C(NC/C=C\C)=C\[B]N1c3ccccc3Sc3cccc-2c31. The van der Waals surface area contributed by atoms with Crippen LogP contribution < -0.4 is 10.1 Å². The standard InChI is InChI=1S/C33H32BN2S/c1-4-6-13-25-21-24(3)22-29-27(25)15-9-8-14-26(35-20-7-5-2)23-34-36-30-17-10-11-18-31(30)37-32-19-12-16-28(29)33(32)36/h4-5,7-12,14-19,21-23,35H,1,6,13,20H2,2-3H3/b7-5-,14-8-,15-9-,26-23-. The maximum atomic E-state index is 3.97. The van der Waals surface area contributed by atoms with Gasteiger partial charge in [0.05, 0.1) is 5.69 Å². The fourth-order valence-electron chi connectivity index (χ4n) is 4.90. The second kappa shape index (κ2) is 11.6. The lowest BCUT2D eigenvalue weighted by atomic mass is 9.84. The molecule has 0 aromatic heterocycles. The van der Waals surface area contributed by atoms with E-state index in [1.807, 2.05) is 24.8 Å². The van der Waals surface area contributed by atoms with Crippen LogP contribution in [0.1, 0.15) is 30.0 Å². The van der Waals surface area contributed by atoms with Crippen molar-refractivity contribution in [1.82, 2.24) is 5.32 Å². The topological polar surface area (TPSA) is 15.3 Å². The Morgan fingerprint density at radius 1 is 1.00 bits per heavy atom. The number of benzene rings is 3. The van der Waals surface area contributed by atoms with Gasteiger partial charge in [-0.2, -0.15) is 0 Å². The van der Waals surface area contributed by atoms with Crippen LogP contribution in [0.5, 0.6) is 0 Å². The molecule has 3 aromatic rings. The van der Waals surface area contributed by atoms with Gasteiger partial charge in [-0.1, -0.05) is 96.2 Å². The zero-order chi connectivity index (χ0) is 25.6. The van der Waals surface area contributed by atoms with Crippen molar-refractivity contribution in [2.75, 3.05) is 11.4 Å². The monoisotopic (exact) mass is 499 g/mol. The Bertz CT molecular complexity index is 1430. The van der Waals surface area contributed by atoms with Gasteiger partial charge in [0.2, 0.25) is 0 Å². The Kier molecular flexibility index (Phi) is 7.86. The first kappa shape index (κ1) is 25.0. The Labute approximate surface area is 226 Å². The zero-order valence-electron chi connectivity index (χ0n) is 21.6. The molecule has 4 heteroatoms. The molecule has 0 saturated heterocycles. The Balaban J connectivity index is 1.75. The van der Waals surface area contributed by atoms with E-state index >= 15 is 0 Å². The van der Waals surface area contributed by atoms with Gasteiger partial charge in [0.15, 0.2) is 0 Å². The third-order valence-electron chi connectivity index (χ3n) is 6.62. The van der Waals surface area contributed by atoms with Crippen molar-refractivity contribution < 1.29 is 0 Å². The van der Waals surface area contributed by atoms with Crippen LogP contribution in [0.2, 0.25) is 0 Å². The maximum absolute atomic E-state index is 3.97. The highest BCUT2D eigenvalue weighted by Gasteiger charge is 2.27. The van der Waals surface area contributed by atoms with Crippen LogP contribution in [0.3, 0.4) is 0 Å². The van der Waals surface area contributed by atoms with Crippen molar-refractivity contribution >= 4 is 36.6 Å². The Morgan fingerprint density at radius 2 is 1.84 bits per heavy atom. The molecule has 0 aliphatic carbocycles. The average Bonchev–Trinajstić information content (AvgIpc) is 2.91. The molecule has 1 radical (unpaired) electrons. The summed E-state index contributed by atoms with van der Waals surface area (Å²) in [5.74, 6) is 2.18. The number of fused-ring (bicyclic) bond motifs is 4. The molecule has 5 rings (SSSR count). The molecule has 2 nitrogen and oxygen atoms in total. The molecule has 0 saturated carbocycles. The summed E-state index contributed by atoms with van der Waals surface area (Å²) in [6, 6.07) is 20.0. The summed E-state index contributed by atoms with van der Waals surface area (Å²) in [4.78, 5) is 4.89. The van der Waals surface area contributed by atoms with Gasteiger partial charge in [-0.15, -0.1) is 6.58 Å². The largest absolute Gasteiger partial charge is 0.384 e. The minimum Gasteiger partial charge on any atom is -0.384 e. The molecular formula is C33H32BN2S. The third-order valence-corrected chi connectivity index (χ3v) is 7.73. The fraction of sp³-hybridized carbons (Fsp3) is 0.152. The molecule has 3 aromatic carbocycles. The molecule has 37 heavy (non-hydrogen) atoms. The van der Waals surface area contributed by atoms with Crippen molar-refractivity contribution in [3.8, 4) is 11.1 Å². The van der Waals surface area contributed by atoms with E-state index < -0.39 is 0 Å². The van der Waals surface area contributed by atoms with Gasteiger partial charge in [0.1, 0.15) is 0 Å². The van der Waals surface area contributed by atoms with Crippen LogP contribution in [0, 0.1) is 6.92 Å². The molecule has 0 bridgehead atoms.